The maximum absolute atomic E-state index is 5.68. The van der Waals surface area contributed by atoms with E-state index in [1.807, 2.05) is 24.3 Å². The van der Waals surface area contributed by atoms with Gasteiger partial charge < -0.3 is 24.7 Å². The van der Waals surface area contributed by atoms with Crippen molar-refractivity contribution in [2.45, 2.75) is 0 Å². The molecular formula is C17H19NO4S. The third-order valence-corrected chi connectivity index (χ3v) is 3.35. The van der Waals surface area contributed by atoms with E-state index >= 15 is 0 Å². The summed E-state index contributed by atoms with van der Waals surface area (Å²) in [6.07, 6.45) is 0. The molecule has 0 fully saturated rings. The summed E-state index contributed by atoms with van der Waals surface area (Å²) in [4.78, 5) is 0.314. The van der Waals surface area contributed by atoms with Crippen molar-refractivity contribution in [1.82, 2.24) is 0 Å². The van der Waals surface area contributed by atoms with Crippen molar-refractivity contribution in [3.05, 3.63) is 48.0 Å². The molecule has 23 heavy (non-hydrogen) atoms. The number of thiocarbonyl (C=S) groups is 1. The monoisotopic (exact) mass is 333 g/mol. The lowest BCUT2D eigenvalue weighted by molar-refractivity contribution is 0.206. The normalized spacial score (nSPS) is 10.0. The Hall–Kier alpha value is -2.47. The molecule has 0 aliphatic heterocycles. The number of hydrogen-bond donors (Lipinski definition) is 1. The highest BCUT2D eigenvalue weighted by Gasteiger charge is 2.08. The van der Waals surface area contributed by atoms with E-state index in [9.17, 15) is 0 Å². The maximum atomic E-state index is 5.68. The average Bonchev–Trinajstić information content (AvgIpc) is 2.58. The van der Waals surface area contributed by atoms with Gasteiger partial charge in [0.15, 0.2) is 23.0 Å². The zero-order chi connectivity index (χ0) is 16.7. The summed E-state index contributed by atoms with van der Waals surface area (Å²) >= 11 is 4.95. The van der Waals surface area contributed by atoms with E-state index in [1.165, 1.54) is 0 Å². The van der Waals surface area contributed by atoms with Crippen molar-refractivity contribution in [1.29, 1.82) is 0 Å². The predicted octanol–water partition coefficient (Wildman–Crippen LogP) is 2.80. The number of rotatable bonds is 8. The van der Waals surface area contributed by atoms with Gasteiger partial charge in [-0.1, -0.05) is 24.4 Å². The molecule has 6 heteroatoms. The Morgan fingerprint density at radius 2 is 1.43 bits per heavy atom. The molecule has 0 aliphatic rings. The first-order chi connectivity index (χ1) is 11.2. The zero-order valence-corrected chi connectivity index (χ0v) is 13.9. The van der Waals surface area contributed by atoms with Crippen molar-refractivity contribution in [2.75, 3.05) is 27.4 Å². The van der Waals surface area contributed by atoms with Crippen LogP contribution >= 0.6 is 12.2 Å². The van der Waals surface area contributed by atoms with Crippen LogP contribution in [0, 0.1) is 0 Å². The second-order valence-electron chi connectivity index (χ2n) is 4.58. The molecule has 0 amide bonds. The lowest BCUT2D eigenvalue weighted by atomic mass is 10.2. The van der Waals surface area contributed by atoms with Crippen LogP contribution in [-0.4, -0.2) is 32.4 Å². The predicted molar refractivity (Wildman–Crippen MR) is 92.9 cm³/mol. The van der Waals surface area contributed by atoms with E-state index < -0.39 is 0 Å². The molecule has 2 aromatic rings. The first-order valence-electron chi connectivity index (χ1n) is 7.02. The molecule has 2 aromatic carbocycles. The highest BCUT2D eigenvalue weighted by atomic mass is 32.1. The van der Waals surface area contributed by atoms with Crippen molar-refractivity contribution in [3.63, 3.8) is 0 Å². The molecule has 0 bridgehead atoms. The van der Waals surface area contributed by atoms with Crippen LogP contribution in [0.25, 0.3) is 0 Å². The molecule has 0 saturated carbocycles. The van der Waals surface area contributed by atoms with Gasteiger partial charge in [0, 0.05) is 5.56 Å². The molecule has 0 heterocycles. The molecule has 0 unspecified atom stereocenters. The lowest BCUT2D eigenvalue weighted by Gasteiger charge is -2.13. The van der Waals surface area contributed by atoms with Gasteiger partial charge in [0.1, 0.15) is 18.2 Å². The minimum absolute atomic E-state index is 0.314. The number of methoxy groups -OCH3 is 2. The third-order valence-electron chi connectivity index (χ3n) is 3.12. The van der Waals surface area contributed by atoms with Gasteiger partial charge in [-0.25, -0.2) is 0 Å². The SMILES string of the molecule is COc1ccccc1OCCOc1ccc(C(N)=S)cc1OC. The Morgan fingerprint density at radius 1 is 0.870 bits per heavy atom. The molecular weight excluding hydrogens is 314 g/mol. The number of hydrogen-bond acceptors (Lipinski definition) is 5. The van der Waals surface area contributed by atoms with Crippen LogP contribution in [0.3, 0.4) is 0 Å². The Labute approximate surface area is 140 Å². The van der Waals surface area contributed by atoms with Crippen LogP contribution in [0.4, 0.5) is 0 Å². The van der Waals surface area contributed by atoms with Crippen LogP contribution < -0.4 is 24.7 Å². The number of para-hydroxylation sites is 2. The second kappa shape index (κ2) is 8.24. The molecule has 0 radical (unpaired) electrons. The van der Waals surface area contributed by atoms with Gasteiger partial charge in [0.2, 0.25) is 0 Å². The van der Waals surface area contributed by atoms with Gasteiger partial charge in [-0.05, 0) is 30.3 Å². The minimum atomic E-state index is 0.314. The maximum Gasteiger partial charge on any atom is 0.161 e. The van der Waals surface area contributed by atoms with E-state index in [1.54, 1.807) is 32.4 Å². The smallest absolute Gasteiger partial charge is 0.161 e. The number of nitrogens with two attached hydrogens (primary N) is 1. The van der Waals surface area contributed by atoms with Crippen molar-refractivity contribution >= 4 is 17.2 Å². The van der Waals surface area contributed by atoms with Crippen LogP contribution in [0.15, 0.2) is 42.5 Å². The highest BCUT2D eigenvalue weighted by molar-refractivity contribution is 7.80. The van der Waals surface area contributed by atoms with E-state index in [-0.39, 0.29) is 0 Å². The standard InChI is InChI=1S/C17H19NO4S/c1-19-13-5-3-4-6-14(13)21-9-10-22-15-8-7-12(17(18)23)11-16(15)20-2/h3-8,11H,9-10H2,1-2H3,(H2,18,23). The molecule has 0 aromatic heterocycles. The van der Waals surface area contributed by atoms with E-state index in [0.717, 1.165) is 5.56 Å². The summed E-state index contributed by atoms with van der Waals surface area (Å²) in [7, 11) is 3.17. The Balaban J connectivity index is 1.92. The van der Waals surface area contributed by atoms with E-state index in [0.29, 0.717) is 41.2 Å². The largest absolute Gasteiger partial charge is 0.493 e. The zero-order valence-electron chi connectivity index (χ0n) is 13.1. The van der Waals surface area contributed by atoms with Gasteiger partial charge in [-0.3, -0.25) is 0 Å². The molecule has 2 rings (SSSR count). The topological polar surface area (TPSA) is 62.9 Å². The molecule has 0 aliphatic carbocycles. The Morgan fingerprint density at radius 3 is 2.00 bits per heavy atom. The van der Waals surface area contributed by atoms with Crippen LogP contribution in [-0.2, 0) is 0 Å². The molecule has 0 saturated heterocycles. The quantitative estimate of drug-likeness (QED) is 0.592. The lowest BCUT2D eigenvalue weighted by Crippen LogP contribution is -2.12. The Kier molecular flexibility index (Phi) is 6.05. The van der Waals surface area contributed by atoms with Crippen molar-refractivity contribution < 1.29 is 18.9 Å². The van der Waals surface area contributed by atoms with Gasteiger partial charge >= 0.3 is 0 Å². The summed E-state index contributed by atoms with van der Waals surface area (Å²) in [5.41, 5.74) is 6.34. The molecule has 0 spiro atoms. The summed E-state index contributed by atoms with van der Waals surface area (Å²) < 4.78 is 21.8. The molecule has 2 N–H and O–H groups in total. The van der Waals surface area contributed by atoms with Gasteiger partial charge in [0.25, 0.3) is 0 Å². The minimum Gasteiger partial charge on any atom is -0.493 e. The number of ether oxygens (including phenoxy) is 4. The summed E-state index contributed by atoms with van der Waals surface area (Å²) in [5, 5.41) is 0. The van der Waals surface area contributed by atoms with Crippen LogP contribution in [0.1, 0.15) is 5.56 Å². The summed E-state index contributed by atoms with van der Waals surface area (Å²) in [5.74, 6) is 2.55. The second-order valence-corrected chi connectivity index (χ2v) is 5.02. The van der Waals surface area contributed by atoms with Crippen molar-refractivity contribution in [3.8, 4) is 23.0 Å². The first kappa shape index (κ1) is 16.9. The van der Waals surface area contributed by atoms with Gasteiger partial charge in [0.05, 0.1) is 14.2 Å². The van der Waals surface area contributed by atoms with Gasteiger partial charge in [-0.2, -0.15) is 0 Å². The Bertz CT molecular complexity index is 675. The first-order valence-corrected chi connectivity index (χ1v) is 7.43. The van der Waals surface area contributed by atoms with Crippen molar-refractivity contribution in [2.24, 2.45) is 5.73 Å². The van der Waals surface area contributed by atoms with E-state index in [4.69, 9.17) is 36.9 Å². The fraction of sp³-hybridized carbons (Fsp3) is 0.235. The average molecular weight is 333 g/mol. The molecule has 0 atom stereocenters. The third kappa shape index (κ3) is 4.50. The van der Waals surface area contributed by atoms with E-state index in [2.05, 4.69) is 0 Å². The highest BCUT2D eigenvalue weighted by Crippen LogP contribution is 2.28. The summed E-state index contributed by atoms with van der Waals surface area (Å²) in [6, 6.07) is 12.8. The van der Waals surface area contributed by atoms with Crippen LogP contribution in [0.5, 0.6) is 23.0 Å². The fourth-order valence-corrected chi connectivity index (χ4v) is 2.11. The van der Waals surface area contributed by atoms with Gasteiger partial charge in [-0.15, -0.1) is 0 Å². The van der Waals surface area contributed by atoms with Crippen LogP contribution in [0.2, 0.25) is 0 Å². The number of benzene rings is 2. The molecule has 5 nitrogen and oxygen atoms in total. The summed E-state index contributed by atoms with van der Waals surface area (Å²) in [6.45, 7) is 0.738. The molecule has 122 valence electrons. The fourth-order valence-electron chi connectivity index (χ4n) is 1.98.